The van der Waals surface area contributed by atoms with Gasteiger partial charge in [-0.3, -0.25) is 4.79 Å². The maximum Gasteiger partial charge on any atom is 0.203 e. The first-order valence-corrected chi connectivity index (χ1v) is 3.91. The number of ketones is 1. The van der Waals surface area contributed by atoms with E-state index in [0.717, 1.165) is 11.8 Å². The zero-order chi connectivity index (χ0) is 9.68. The van der Waals surface area contributed by atoms with Gasteiger partial charge in [0.15, 0.2) is 0 Å². The lowest BCUT2D eigenvalue weighted by atomic mass is 10.1. The van der Waals surface area contributed by atoms with Crippen molar-refractivity contribution in [1.82, 2.24) is 0 Å². The summed E-state index contributed by atoms with van der Waals surface area (Å²) in [6.07, 6.45) is 0.814. The number of methoxy groups -OCH3 is 1. The molecule has 1 rings (SSSR count). The highest BCUT2D eigenvalue weighted by atomic mass is 16.5. The number of carbonyl (C=O) groups is 1. The number of nitrogens with one attached hydrogen (secondary N) is 1. The highest BCUT2D eigenvalue weighted by molar-refractivity contribution is 6.34. The molecule has 0 unspecified atom stereocenters. The summed E-state index contributed by atoms with van der Waals surface area (Å²) in [6, 6.07) is 7.13. The second kappa shape index (κ2) is 4.52. The van der Waals surface area contributed by atoms with E-state index in [1.807, 2.05) is 12.1 Å². The number of Topliss-reactive ketones (excluding diaryl/α,β-unsaturated/α-hetero) is 1. The van der Waals surface area contributed by atoms with Crippen LogP contribution in [0.4, 0.5) is 0 Å². The van der Waals surface area contributed by atoms with Gasteiger partial charge in [-0.15, -0.1) is 0 Å². The van der Waals surface area contributed by atoms with Crippen LogP contribution in [0.1, 0.15) is 15.9 Å². The maximum atomic E-state index is 11.2. The number of ether oxygens (including phenoxy) is 1. The number of hydrogen-bond donors (Lipinski definition) is 1. The van der Waals surface area contributed by atoms with Gasteiger partial charge in [-0.1, -0.05) is 24.3 Å². The predicted octanol–water partition coefficient (Wildman–Crippen LogP) is 1.67. The molecular formula is C10H11NO2. The van der Waals surface area contributed by atoms with E-state index in [4.69, 9.17) is 10.1 Å². The fraction of sp³-hybridized carbons (Fsp3) is 0.200. The lowest BCUT2D eigenvalue weighted by Crippen LogP contribution is -2.04. The molecule has 0 aromatic heterocycles. The molecule has 0 spiro atoms. The monoisotopic (exact) mass is 177 g/mol. The third-order valence-corrected chi connectivity index (χ3v) is 1.71. The van der Waals surface area contributed by atoms with Crippen LogP contribution < -0.4 is 0 Å². The Labute approximate surface area is 76.9 Å². The van der Waals surface area contributed by atoms with Crippen molar-refractivity contribution in [2.24, 2.45) is 0 Å². The van der Waals surface area contributed by atoms with Gasteiger partial charge in [-0.2, -0.15) is 0 Å². The van der Waals surface area contributed by atoms with Crippen LogP contribution in [-0.2, 0) is 11.3 Å². The lowest BCUT2D eigenvalue weighted by Gasteiger charge is -2.04. The van der Waals surface area contributed by atoms with Crippen LogP contribution >= 0.6 is 0 Å². The van der Waals surface area contributed by atoms with Gasteiger partial charge in [-0.25, -0.2) is 0 Å². The Morgan fingerprint density at radius 3 is 2.85 bits per heavy atom. The maximum absolute atomic E-state index is 11.2. The summed E-state index contributed by atoms with van der Waals surface area (Å²) in [6.45, 7) is 0.399. The molecule has 0 bridgehead atoms. The first kappa shape index (κ1) is 9.61. The molecule has 1 N–H and O–H groups in total. The van der Waals surface area contributed by atoms with Crippen molar-refractivity contribution in [2.45, 2.75) is 6.61 Å². The molecule has 68 valence electrons. The highest BCUT2D eigenvalue weighted by Gasteiger charge is 2.06. The summed E-state index contributed by atoms with van der Waals surface area (Å²) in [4.78, 5) is 11.2. The molecule has 0 fully saturated rings. The van der Waals surface area contributed by atoms with Gasteiger partial charge in [0.25, 0.3) is 0 Å². The molecule has 0 aliphatic heterocycles. The van der Waals surface area contributed by atoms with Crippen LogP contribution in [-0.4, -0.2) is 19.1 Å². The van der Waals surface area contributed by atoms with E-state index in [1.165, 1.54) is 0 Å². The molecule has 13 heavy (non-hydrogen) atoms. The summed E-state index contributed by atoms with van der Waals surface area (Å²) in [5.74, 6) is -0.285. The van der Waals surface area contributed by atoms with E-state index in [0.29, 0.717) is 12.2 Å². The zero-order valence-corrected chi connectivity index (χ0v) is 7.41. The summed E-state index contributed by atoms with van der Waals surface area (Å²) in [7, 11) is 1.58. The minimum absolute atomic E-state index is 0.285. The van der Waals surface area contributed by atoms with Crippen LogP contribution in [0, 0.1) is 5.41 Å². The van der Waals surface area contributed by atoms with Crippen molar-refractivity contribution >= 4 is 12.0 Å². The summed E-state index contributed by atoms with van der Waals surface area (Å²) in [5, 5.41) is 6.86. The fourth-order valence-electron chi connectivity index (χ4n) is 1.12. The molecule has 0 heterocycles. The molecule has 1 aromatic rings. The second-order valence-corrected chi connectivity index (χ2v) is 2.60. The van der Waals surface area contributed by atoms with Crippen molar-refractivity contribution in [2.75, 3.05) is 7.11 Å². The van der Waals surface area contributed by atoms with E-state index in [9.17, 15) is 4.79 Å². The van der Waals surface area contributed by atoms with Gasteiger partial charge in [0.05, 0.1) is 12.8 Å². The minimum Gasteiger partial charge on any atom is -0.380 e. The molecule has 0 aliphatic rings. The predicted molar refractivity (Wildman–Crippen MR) is 50.3 cm³/mol. The van der Waals surface area contributed by atoms with Gasteiger partial charge in [0, 0.05) is 12.7 Å². The Morgan fingerprint density at radius 1 is 1.54 bits per heavy atom. The van der Waals surface area contributed by atoms with Crippen molar-refractivity contribution in [3.63, 3.8) is 0 Å². The smallest absolute Gasteiger partial charge is 0.203 e. The summed E-state index contributed by atoms with van der Waals surface area (Å²) in [5.41, 5.74) is 1.36. The quantitative estimate of drug-likeness (QED) is 0.561. The standard InChI is InChI=1S/C10H11NO2/c1-13-7-8-4-2-3-5-9(8)10(12)6-11/h2-6,11H,7H2,1H3. The van der Waals surface area contributed by atoms with Crippen molar-refractivity contribution in [1.29, 1.82) is 5.41 Å². The van der Waals surface area contributed by atoms with Crippen LogP contribution in [0.5, 0.6) is 0 Å². The van der Waals surface area contributed by atoms with Crippen molar-refractivity contribution in [3.8, 4) is 0 Å². The third-order valence-electron chi connectivity index (χ3n) is 1.71. The average molecular weight is 177 g/mol. The van der Waals surface area contributed by atoms with E-state index >= 15 is 0 Å². The number of hydrogen-bond acceptors (Lipinski definition) is 3. The average Bonchev–Trinajstić information content (AvgIpc) is 2.18. The van der Waals surface area contributed by atoms with E-state index in [2.05, 4.69) is 0 Å². The fourth-order valence-corrected chi connectivity index (χ4v) is 1.12. The topological polar surface area (TPSA) is 50.2 Å². The molecule has 1 aromatic carbocycles. The highest BCUT2D eigenvalue weighted by Crippen LogP contribution is 2.09. The second-order valence-electron chi connectivity index (χ2n) is 2.60. The molecular weight excluding hydrogens is 166 g/mol. The normalized spacial score (nSPS) is 9.62. The molecule has 0 saturated carbocycles. The largest absolute Gasteiger partial charge is 0.380 e. The molecule has 3 heteroatoms. The van der Waals surface area contributed by atoms with Gasteiger partial charge >= 0.3 is 0 Å². The van der Waals surface area contributed by atoms with Crippen LogP contribution in [0.15, 0.2) is 24.3 Å². The Morgan fingerprint density at radius 2 is 2.23 bits per heavy atom. The number of rotatable bonds is 4. The van der Waals surface area contributed by atoms with Gasteiger partial charge in [0.2, 0.25) is 5.78 Å². The third kappa shape index (κ3) is 2.23. The first-order chi connectivity index (χ1) is 6.29. The molecule has 0 amide bonds. The van der Waals surface area contributed by atoms with Gasteiger partial charge < -0.3 is 10.1 Å². The molecule has 0 aliphatic carbocycles. The summed E-state index contributed by atoms with van der Waals surface area (Å²) >= 11 is 0. The SMILES string of the molecule is COCc1ccccc1C(=O)C=N. The van der Waals surface area contributed by atoms with Crippen molar-refractivity contribution < 1.29 is 9.53 Å². The molecule has 0 saturated heterocycles. The molecule has 3 nitrogen and oxygen atoms in total. The van der Waals surface area contributed by atoms with Gasteiger partial charge in [-0.05, 0) is 5.56 Å². The Kier molecular flexibility index (Phi) is 3.34. The van der Waals surface area contributed by atoms with Gasteiger partial charge in [0.1, 0.15) is 0 Å². The molecule has 0 atom stereocenters. The Balaban J connectivity index is 3.03. The molecule has 0 radical (unpaired) electrons. The first-order valence-electron chi connectivity index (χ1n) is 3.91. The lowest BCUT2D eigenvalue weighted by molar-refractivity contribution is 0.106. The van der Waals surface area contributed by atoms with E-state index < -0.39 is 0 Å². The Bertz CT molecular complexity index is 320. The van der Waals surface area contributed by atoms with Crippen LogP contribution in [0.25, 0.3) is 0 Å². The minimum atomic E-state index is -0.285. The Hall–Kier alpha value is -1.48. The zero-order valence-electron chi connectivity index (χ0n) is 7.41. The van der Waals surface area contributed by atoms with E-state index in [1.54, 1.807) is 19.2 Å². The van der Waals surface area contributed by atoms with Crippen molar-refractivity contribution in [3.05, 3.63) is 35.4 Å². The van der Waals surface area contributed by atoms with Crippen LogP contribution in [0.2, 0.25) is 0 Å². The number of carbonyl (C=O) groups excluding carboxylic acids is 1. The number of benzene rings is 1. The van der Waals surface area contributed by atoms with E-state index in [-0.39, 0.29) is 5.78 Å². The summed E-state index contributed by atoms with van der Waals surface area (Å²) < 4.78 is 4.94. The van der Waals surface area contributed by atoms with Crippen LogP contribution in [0.3, 0.4) is 0 Å².